The third-order valence-electron chi connectivity index (χ3n) is 3.53. The van der Waals surface area contributed by atoms with E-state index in [0.29, 0.717) is 53.5 Å². The summed E-state index contributed by atoms with van der Waals surface area (Å²) in [6.07, 6.45) is 1.63. The zero-order valence-electron chi connectivity index (χ0n) is 24.3. The van der Waals surface area contributed by atoms with Gasteiger partial charge >= 0.3 is 12.2 Å². The lowest BCUT2D eigenvalue weighted by atomic mass is 10.8. The molecule has 0 atom stereocenters. The molecule has 0 aliphatic carbocycles. The molecule has 0 aromatic heterocycles. The van der Waals surface area contributed by atoms with Crippen LogP contribution in [-0.2, 0) is 29.0 Å². The molecule has 0 spiro atoms. The van der Waals surface area contributed by atoms with Gasteiger partial charge in [0.05, 0.1) is 35.4 Å². The summed E-state index contributed by atoms with van der Waals surface area (Å²) >= 11 is 15.3. The number of nitrogens with zero attached hydrogens (tertiary/aromatic N) is 2. The number of aliphatic hydroxyl groups excluding tert-OH is 2. The van der Waals surface area contributed by atoms with Crippen LogP contribution in [0.25, 0.3) is 0 Å². The number of nitrogens with one attached hydrogen (secondary N) is 2. The van der Waals surface area contributed by atoms with Crippen molar-refractivity contribution in [2.45, 2.75) is 0 Å². The molecule has 0 saturated heterocycles. The van der Waals surface area contributed by atoms with Gasteiger partial charge in [-0.2, -0.15) is 9.78 Å². The fourth-order valence-corrected chi connectivity index (χ4v) is 8.99. The van der Waals surface area contributed by atoms with E-state index >= 15 is 0 Å². The Bertz CT molecular complexity index is 729. The van der Waals surface area contributed by atoms with Crippen LogP contribution in [0.3, 0.4) is 0 Å². The molecule has 0 fully saturated rings. The van der Waals surface area contributed by atoms with E-state index in [1.165, 1.54) is 71.6 Å². The van der Waals surface area contributed by atoms with Crippen LogP contribution < -0.4 is 10.6 Å². The van der Waals surface area contributed by atoms with Crippen LogP contribution in [0.2, 0.25) is 0 Å². The highest BCUT2D eigenvalue weighted by molar-refractivity contribution is 8.17. The lowest BCUT2D eigenvalue weighted by Crippen LogP contribution is -2.24. The van der Waals surface area contributed by atoms with Crippen LogP contribution in [0.1, 0.15) is 0 Å². The smallest absolute Gasteiger partial charge is 0.408 e. The maximum absolute atomic E-state index is 11.7. The van der Waals surface area contributed by atoms with E-state index in [4.69, 9.17) is 39.2 Å². The van der Waals surface area contributed by atoms with Crippen molar-refractivity contribution >= 4 is 143 Å². The maximum Gasteiger partial charge on any atom is 0.408 e. The molecule has 0 rings (SSSR count). The normalized spacial score (nSPS) is 11.2. The van der Waals surface area contributed by atoms with Crippen molar-refractivity contribution in [1.82, 2.24) is 10.6 Å². The Kier molecular flexibility index (Phi) is 41.7. The van der Waals surface area contributed by atoms with Crippen molar-refractivity contribution in [3.8, 4) is 0 Å². The van der Waals surface area contributed by atoms with E-state index in [1.807, 2.05) is 0 Å². The van der Waals surface area contributed by atoms with Crippen molar-refractivity contribution in [3.63, 3.8) is 0 Å². The molecular weight excluding hydrogens is 789 g/mol. The third-order valence-corrected chi connectivity index (χ3v) is 13.4. The molecule has 0 bridgehead atoms. The lowest BCUT2D eigenvalue weighted by Gasteiger charge is -2.06. The Hall–Kier alpha value is 0.820. The van der Waals surface area contributed by atoms with Crippen molar-refractivity contribution in [2.75, 3.05) is 97.4 Å². The first-order valence-electron chi connectivity index (χ1n) is 12.5. The summed E-state index contributed by atoms with van der Waals surface area (Å²) in [5.41, 5.74) is 0. The van der Waals surface area contributed by atoms with E-state index in [0.717, 1.165) is 26.1 Å². The fraction of sp³-hybridized carbons (Fsp3) is 0.810. The molecular formula is C21H40N4O10S10. The Morgan fingerprint density at radius 3 is 1.71 bits per heavy atom. The van der Waals surface area contributed by atoms with E-state index in [1.54, 1.807) is 58.8 Å². The predicted molar refractivity (Wildman–Crippen MR) is 204 cm³/mol. The van der Waals surface area contributed by atoms with Crippen LogP contribution >= 0.6 is 118 Å². The SMILES string of the molecule is O=C(NCSCSC/N=C\OOCSCSCO)OCCSCSCCOO/C=N/CSCSCNC(=O)OCSCSCO. The van der Waals surface area contributed by atoms with E-state index < -0.39 is 12.2 Å². The van der Waals surface area contributed by atoms with Crippen LogP contribution in [0, 0.1) is 0 Å². The second-order valence-electron chi connectivity index (χ2n) is 6.71. The number of carbonyl (C=O) groups excluding carboxylic acids is 2. The van der Waals surface area contributed by atoms with Gasteiger partial charge in [-0.25, -0.2) is 19.6 Å². The minimum absolute atomic E-state index is 0.0575. The number of alkyl carbamates (subject to hydrolysis) is 2. The Balaban J connectivity index is 3.27. The van der Waals surface area contributed by atoms with Gasteiger partial charge in [0, 0.05) is 36.9 Å². The molecule has 0 radical (unpaired) electrons. The van der Waals surface area contributed by atoms with Crippen molar-refractivity contribution in [3.05, 3.63) is 0 Å². The maximum atomic E-state index is 11.7. The number of hydrogen-bond acceptors (Lipinski definition) is 22. The van der Waals surface area contributed by atoms with Crippen molar-refractivity contribution in [1.29, 1.82) is 0 Å². The molecule has 264 valence electrons. The van der Waals surface area contributed by atoms with Crippen LogP contribution in [0.5, 0.6) is 0 Å². The number of rotatable bonds is 34. The number of aliphatic hydroxyl groups is 2. The minimum Gasteiger partial charge on any atom is -0.449 e. The topological polar surface area (TPSA) is 179 Å². The second-order valence-corrected chi connectivity index (χ2v) is 18.4. The summed E-state index contributed by atoms with van der Waals surface area (Å²) in [6.45, 7) is 0.766. The van der Waals surface area contributed by atoms with E-state index in [2.05, 4.69) is 20.6 Å². The average molecular weight is 829 g/mol. The summed E-state index contributed by atoms with van der Waals surface area (Å²) in [5.74, 6) is 4.17. The zero-order valence-corrected chi connectivity index (χ0v) is 32.5. The predicted octanol–water partition coefficient (Wildman–Crippen LogP) is 5.16. The summed E-state index contributed by atoms with van der Waals surface area (Å²) in [4.78, 5) is 50.9. The van der Waals surface area contributed by atoms with Gasteiger partial charge in [-0.3, -0.25) is 0 Å². The molecule has 0 aromatic rings. The molecule has 0 aromatic carbocycles. The van der Waals surface area contributed by atoms with Crippen LogP contribution in [0.4, 0.5) is 9.59 Å². The Morgan fingerprint density at radius 1 is 0.578 bits per heavy atom. The summed E-state index contributed by atoms with van der Waals surface area (Å²) < 4.78 is 10.1. The molecule has 2 amide bonds. The molecule has 0 unspecified atom stereocenters. The van der Waals surface area contributed by atoms with E-state index in [9.17, 15) is 9.59 Å². The zero-order chi connectivity index (χ0) is 32.7. The monoisotopic (exact) mass is 828 g/mol. The van der Waals surface area contributed by atoms with Crippen molar-refractivity contribution in [2.24, 2.45) is 9.98 Å². The largest absolute Gasteiger partial charge is 0.449 e. The Morgan fingerprint density at radius 2 is 1.09 bits per heavy atom. The minimum atomic E-state index is -0.458. The van der Waals surface area contributed by atoms with Gasteiger partial charge in [0.25, 0.3) is 0 Å². The average Bonchev–Trinajstić information content (AvgIpc) is 3.04. The third kappa shape index (κ3) is 40.9. The fourth-order valence-electron chi connectivity index (χ4n) is 1.81. The summed E-state index contributed by atoms with van der Waals surface area (Å²) in [7, 11) is 0. The molecule has 0 heterocycles. The number of ether oxygens (including phenoxy) is 2. The summed E-state index contributed by atoms with van der Waals surface area (Å²) in [5, 5.41) is 26.4. The van der Waals surface area contributed by atoms with Crippen LogP contribution in [0.15, 0.2) is 9.98 Å². The van der Waals surface area contributed by atoms with Gasteiger partial charge < -0.3 is 40.1 Å². The van der Waals surface area contributed by atoms with Crippen molar-refractivity contribution < 1.29 is 48.8 Å². The molecule has 4 N–H and O–H groups in total. The van der Waals surface area contributed by atoms with Crippen LogP contribution in [-0.4, -0.2) is 133 Å². The number of amides is 2. The molecule has 24 heteroatoms. The van der Waals surface area contributed by atoms with Gasteiger partial charge in [0.2, 0.25) is 12.8 Å². The van der Waals surface area contributed by atoms with Gasteiger partial charge in [0.15, 0.2) is 0 Å². The molecule has 14 nitrogen and oxygen atoms in total. The van der Waals surface area contributed by atoms with E-state index in [-0.39, 0.29) is 17.8 Å². The first kappa shape index (κ1) is 45.8. The lowest BCUT2D eigenvalue weighted by molar-refractivity contribution is -0.210. The van der Waals surface area contributed by atoms with Gasteiger partial charge in [-0.05, 0) is 0 Å². The second kappa shape index (κ2) is 41.0. The quantitative estimate of drug-likeness (QED) is 0.0167. The van der Waals surface area contributed by atoms with Gasteiger partial charge in [0.1, 0.15) is 25.1 Å². The molecule has 0 saturated carbocycles. The number of thioether (sulfide) groups is 10. The number of carbonyl (C=O) groups is 2. The Labute approximate surface area is 307 Å². The number of aliphatic imine (C=N–C) groups is 2. The first-order valence-corrected chi connectivity index (χ1v) is 24.1. The molecule has 0 aliphatic heterocycles. The molecule has 45 heavy (non-hydrogen) atoms. The highest BCUT2D eigenvalue weighted by atomic mass is 32.2. The first-order chi connectivity index (χ1) is 22.2. The van der Waals surface area contributed by atoms with Gasteiger partial charge in [-0.15, -0.1) is 118 Å². The number of hydrogen-bond donors (Lipinski definition) is 4. The highest BCUT2D eigenvalue weighted by Crippen LogP contribution is 2.14. The molecule has 0 aliphatic rings. The van der Waals surface area contributed by atoms with Gasteiger partial charge in [-0.1, -0.05) is 0 Å². The summed E-state index contributed by atoms with van der Waals surface area (Å²) in [6, 6.07) is 0. The highest BCUT2D eigenvalue weighted by Gasteiger charge is 2.02. The standard InChI is InChI=1S/C21H40N4O10S10/c26-11-42-18-44-13-31-21(29)25-10-41-17-38-7-22-5-33-32-2-4-37-15-36-3-1-30-20(28)24-9-40-16-39-8-23-6-34-35-14-45-19-43-12-27/h5-6,26-27H,1-4,7-19H2,(H,24,28)(H,25,29)/b22-5+,23-6-.